The summed E-state index contributed by atoms with van der Waals surface area (Å²) in [4.78, 5) is 38.8. The molecule has 2 atom stereocenters. The minimum Gasteiger partial charge on any atom is -0.505 e. The van der Waals surface area contributed by atoms with Crippen LogP contribution in [0.2, 0.25) is 5.02 Å². The van der Waals surface area contributed by atoms with Crippen LogP contribution in [0.5, 0.6) is 17.2 Å². The number of nitro benzene ring substituents is 1. The van der Waals surface area contributed by atoms with E-state index in [9.17, 15) is 79.0 Å². The van der Waals surface area contributed by atoms with Crippen LogP contribution in [0.25, 0.3) is 10.8 Å². The average Bonchev–Trinajstić information content (AvgIpc) is 3.80. The van der Waals surface area contributed by atoms with E-state index in [2.05, 4.69) is 45.9 Å². The Labute approximate surface area is 522 Å². The van der Waals surface area contributed by atoms with Gasteiger partial charge in [0.25, 0.3) is 42.2 Å². The molecular weight excluding hydrogens is 1170 g/mol. The fourth-order valence-electron chi connectivity index (χ4n) is 7.35. The van der Waals surface area contributed by atoms with Gasteiger partial charge in [0.15, 0.2) is 23.6 Å². The molecule has 2 amide bonds. The molecule has 36 heteroatoms. The van der Waals surface area contributed by atoms with Gasteiger partial charge in [-0.2, -0.15) is 71.0 Å². The van der Waals surface area contributed by atoms with Crippen molar-refractivity contribution >= 4 is 216 Å². The number of nitro groups is 1. The van der Waals surface area contributed by atoms with Crippen molar-refractivity contribution in [3.8, 4) is 17.2 Å². The zero-order valence-electron chi connectivity index (χ0n) is 42.0. The van der Waals surface area contributed by atoms with Crippen molar-refractivity contribution < 1.29 is 73.9 Å². The van der Waals surface area contributed by atoms with E-state index < -0.39 is 125 Å². The van der Waals surface area contributed by atoms with E-state index in [1.54, 1.807) is 6.92 Å². The largest absolute Gasteiger partial charge is 0.505 e. The summed E-state index contributed by atoms with van der Waals surface area (Å²) in [6.45, 7) is 4.39. The molecule has 0 saturated heterocycles. The third-order valence-corrected chi connectivity index (χ3v) is 14.0. The Hall–Kier alpha value is -6.05. The molecule has 29 nitrogen and oxygen atoms in total. The summed E-state index contributed by atoms with van der Waals surface area (Å²) < 4.78 is 101. The van der Waals surface area contributed by atoms with Gasteiger partial charge in [0.2, 0.25) is 11.6 Å². The molecule has 8 rings (SSSR count). The molecule has 3 radical (unpaired) electrons. The number of carbonyl (C=O) groups is 2. The van der Waals surface area contributed by atoms with Gasteiger partial charge in [-0.05, 0) is 117 Å². The Morgan fingerprint density at radius 3 is 1.68 bits per heavy atom. The molecule has 0 aliphatic carbocycles. The monoisotopic (exact) mass is 1200 g/mol. The summed E-state index contributed by atoms with van der Waals surface area (Å²) in [5.41, 5.74) is -1.75. The first kappa shape index (κ1) is 64.8. The van der Waals surface area contributed by atoms with Gasteiger partial charge in [0.1, 0.15) is 26.9 Å². The Bertz CT molecular complexity index is 4140. The molecule has 2 aliphatic heterocycles. The number of nitrogens with zero attached hydrogens (tertiary/aromatic N) is 12. The number of aliphatic hydroxyl groups excluding tert-OH is 1. The minimum atomic E-state index is -5.14. The Balaban J connectivity index is 0.00000392. The summed E-state index contributed by atoms with van der Waals surface area (Å²) in [5, 5.41) is 87.1. The number of amides is 2. The van der Waals surface area contributed by atoms with Crippen molar-refractivity contribution in [2.24, 2.45) is 45.9 Å². The third-order valence-electron chi connectivity index (χ3n) is 11.2. The van der Waals surface area contributed by atoms with Gasteiger partial charge in [-0.3, -0.25) is 33.4 Å². The van der Waals surface area contributed by atoms with Crippen molar-refractivity contribution in [2.75, 3.05) is 10.0 Å². The van der Waals surface area contributed by atoms with Crippen molar-refractivity contribution in [3.05, 3.63) is 117 Å². The molecule has 0 spiro atoms. The first-order valence-electron chi connectivity index (χ1n) is 21.3. The quantitative estimate of drug-likeness (QED) is 0.0108. The van der Waals surface area contributed by atoms with Gasteiger partial charge >= 0.3 is 5.69 Å². The van der Waals surface area contributed by atoms with Gasteiger partial charge < -0.3 is 20.4 Å². The summed E-state index contributed by atoms with van der Waals surface area (Å²) in [7, 11) is -14.9. The number of azo groups is 3. The normalized spacial score (nSPS) is 16.1. The van der Waals surface area contributed by atoms with Crippen LogP contribution in [0.4, 0.5) is 45.5 Å². The minimum absolute atomic E-state index is 0. The fraction of sp³-hybridized carbons (Fsp3) is 0.114. The van der Waals surface area contributed by atoms with E-state index in [0.717, 1.165) is 28.2 Å². The zero-order valence-corrected chi connectivity index (χ0v) is 51.2. The van der Waals surface area contributed by atoms with Gasteiger partial charge in [-0.25, -0.2) is 4.99 Å². The number of phenolic OH excluding ortho intramolecular Hbond substituents is 3. The van der Waals surface area contributed by atoms with Crippen LogP contribution in [-0.4, -0.2) is 194 Å². The number of phenols is 3. The van der Waals surface area contributed by atoms with Crippen LogP contribution in [0, 0.1) is 17.0 Å². The number of halogens is 1. The number of benzene rings is 6. The van der Waals surface area contributed by atoms with Gasteiger partial charge in [-0.15, -0.1) is 5.11 Å². The predicted molar refractivity (Wildman–Crippen MR) is 289 cm³/mol. The SMILES string of the molecule is CC1=NN(c2ccc(N=C(O)c3ccc(N=Nc4c(S(=O)(=O)O)cc5cc(N6N=C(C)C(N=Nc7cc(S(=O)(=O)O)cc([N+](=O)[O-])c7O)C6=O)ccc5c4O)c(C)c3)cc2)C(=O)C1N=Nc1cc(S(=O)(=O)O)cc(Cl)c1O.[Na].[Na].[Na]. The molecule has 2 unspecified atom stereocenters. The zero-order chi connectivity index (χ0) is 56.2. The first-order chi connectivity index (χ1) is 36.0. The van der Waals surface area contributed by atoms with Gasteiger partial charge in [0, 0.05) is 106 Å². The Kier molecular flexibility index (Phi) is 20.2. The number of aliphatic imine (C=N–C) groups is 1. The summed E-state index contributed by atoms with van der Waals surface area (Å²) in [6, 6.07) is 14.6. The Morgan fingerprint density at radius 2 is 1.15 bits per heavy atom. The summed E-state index contributed by atoms with van der Waals surface area (Å²) in [6.07, 6.45) is 0. The van der Waals surface area contributed by atoms with Crippen LogP contribution in [0.1, 0.15) is 25.0 Å². The van der Waals surface area contributed by atoms with Crippen molar-refractivity contribution in [2.45, 2.75) is 47.5 Å². The standard InChI is InChI=1S/C44H33ClN12O17S3.3Na/c1-19-12-22(42(61)46-24-5-7-25(8-6-24)55-43(62)36(20(2)53-55)50-48-32-16-27(75(66,67)68)15-30(45)40(32)59)4-11-31(19)47-52-38-35(77(72,73)74)14-23-13-26(9-10-29(23)39(38)58)56-44(63)37(21(3)54-56)51-49-33-17-28(76(69,70)71)18-34(41(33)60)57(64)65;;;/h4-18,36-37,58-60H,1-3H3,(H,46,61)(H,66,67,68)(H,69,70,71)(H,72,73,74);;;. The van der Waals surface area contributed by atoms with E-state index in [0.29, 0.717) is 17.7 Å². The molecule has 0 fully saturated rings. The van der Waals surface area contributed by atoms with E-state index >= 15 is 0 Å². The van der Waals surface area contributed by atoms with Crippen LogP contribution < -0.4 is 10.0 Å². The number of hydrazone groups is 2. The molecule has 0 aromatic heterocycles. The second-order valence-corrected chi connectivity index (χ2v) is 21.1. The molecule has 7 N–H and O–H groups in total. The number of aliphatic hydroxyl groups is 1. The molecule has 80 heavy (non-hydrogen) atoms. The number of carbonyl (C=O) groups excluding carboxylic acids is 2. The number of hydrogen-bond acceptors (Lipinski definition) is 22. The van der Waals surface area contributed by atoms with Crippen LogP contribution in [0.3, 0.4) is 0 Å². The van der Waals surface area contributed by atoms with Crippen molar-refractivity contribution in [3.63, 3.8) is 0 Å². The molecule has 0 bridgehead atoms. The number of aryl methyl sites for hydroxylation is 1. The second kappa shape index (κ2) is 25.0. The van der Waals surface area contributed by atoms with Crippen LogP contribution in [0.15, 0.2) is 152 Å². The van der Waals surface area contributed by atoms with Crippen molar-refractivity contribution in [1.29, 1.82) is 0 Å². The van der Waals surface area contributed by atoms with E-state index in [1.165, 1.54) is 74.5 Å². The Morgan fingerprint density at radius 1 is 0.625 bits per heavy atom. The maximum absolute atomic E-state index is 13.5. The maximum Gasteiger partial charge on any atom is 0.314 e. The van der Waals surface area contributed by atoms with E-state index in [4.69, 9.17) is 11.6 Å². The molecule has 2 aliphatic rings. The maximum atomic E-state index is 13.5. The number of hydrogen-bond donors (Lipinski definition) is 7. The topological polar surface area (TPSA) is 439 Å². The summed E-state index contributed by atoms with van der Waals surface area (Å²) >= 11 is 5.87. The summed E-state index contributed by atoms with van der Waals surface area (Å²) in [5.74, 6) is -4.57. The number of aromatic hydroxyl groups is 3. The molecular formula is C44H33ClN12Na3O17S3. The molecule has 6 aromatic rings. The predicted octanol–water partition coefficient (Wildman–Crippen LogP) is 7.23. The smallest absolute Gasteiger partial charge is 0.314 e. The van der Waals surface area contributed by atoms with Crippen molar-refractivity contribution in [1.82, 2.24) is 0 Å². The second-order valence-electron chi connectivity index (χ2n) is 16.4. The van der Waals surface area contributed by atoms with Gasteiger partial charge in [0.05, 0.1) is 49.0 Å². The van der Waals surface area contributed by atoms with E-state index in [1.807, 2.05) is 0 Å². The molecule has 0 saturated carbocycles. The fourth-order valence-corrected chi connectivity index (χ4v) is 9.33. The number of anilines is 2. The average molecular weight is 1200 g/mol. The van der Waals surface area contributed by atoms with E-state index in [-0.39, 0.29) is 139 Å². The molecule has 6 aromatic carbocycles. The van der Waals surface area contributed by atoms with Gasteiger partial charge in [-0.1, -0.05) is 11.6 Å². The van der Waals surface area contributed by atoms with Crippen LogP contribution in [-0.2, 0) is 39.9 Å². The number of fused-ring (bicyclic) bond motifs is 1. The number of rotatable bonds is 14. The van der Waals surface area contributed by atoms with Crippen LogP contribution >= 0.6 is 11.6 Å². The first-order valence-corrected chi connectivity index (χ1v) is 26.0. The third kappa shape index (κ3) is 13.6. The molecule has 399 valence electrons. The molecule has 2 heterocycles.